The molecular formula is C41H56O6. The van der Waals surface area contributed by atoms with Gasteiger partial charge in [-0.1, -0.05) is 86.7 Å². The van der Waals surface area contributed by atoms with Crippen molar-refractivity contribution >= 4 is 0 Å². The molecule has 2 unspecified atom stereocenters. The minimum absolute atomic E-state index is 0.0965. The van der Waals surface area contributed by atoms with Crippen molar-refractivity contribution in [2.75, 3.05) is 39.6 Å². The fraction of sp³-hybridized carbons (Fsp3) is 0.415. The molecule has 0 radical (unpaired) electrons. The van der Waals surface area contributed by atoms with E-state index in [0.29, 0.717) is 38.9 Å². The van der Waals surface area contributed by atoms with Gasteiger partial charge in [0.05, 0.1) is 26.4 Å². The third-order valence-corrected chi connectivity index (χ3v) is 7.54. The largest absolute Gasteiger partial charge is 0.490 e. The van der Waals surface area contributed by atoms with Crippen LogP contribution in [0.1, 0.15) is 61.1 Å². The average Bonchev–Trinajstić information content (AvgIpc) is 3.00. The third kappa shape index (κ3) is 12.5. The zero-order valence-electron chi connectivity index (χ0n) is 29.1. The number of rotatable bonds is 24. The summed E-state index contributed by atoms with van der Waals surface area (Å²) in [5, 5.41) is 21.0. The molecule has 2 N–H and O–H groups in total. The summed E-state index contributed by atoms with van der Waals surface area (Å²) in [6.45, 7) is 33.1. The van der Waals surface area contributed by atoms with Crippen LogP contribution in [0.5, 0.6) is 11.5 Å². The van der Waals surface area contributed by atoms with Gasteiger partial charge < -0.3 is 29.2 Å². The van der Waals surface area contributed by atoms with Gasteiger partial charge in [-0.3, -0.25) is 0 Å². The Balaban J connectivity index is 2.51. The fourth-order valence-electron chi connectivity index (χ4n) is 5.19. The van der Waals surface area contributed by atoms with Crippen molar-refractivity contribution in [3.8, 4) is 11.5 Å². The Hall–Kier alpha value is -3.68. The molecule has 0 aliphatic heterocycles. The Morgan fingerprint density at radius 1 is 0.617 bits per heavy atom. The van der Waals surface area contributed by atoms with Crippen LogP contribution in [-0.4, -0.2) is 62.1 Å². The molecule has 6 heteroatoms. The van der Waals surface area contributed by atoms with Crippen molar-refractivity contribution in [3.05, 3.63) is 133 Å². The van der Waals surface area contributed by atoms with E-state index in [-0.39, 0.29) is 26.4 Å². The first kappa shape index (κ1) is 39.5. The highest BCUT2D eigenvalue weighted by Crippen LogP contribution is 2.40. The highest BCUT2D eigenvalue weighted by atomic mass is 16.5. The monoisotopic (exact) mass is 644 g/mol. The highest BCUT2D eigenvalue weighted by molar-refractivity contribution is 5.54. The molecule has 0 saturated carbocycles. The van der Waals surface area contributed by atoms with E-state index in [0.717, 1.165) is 56.0 Å². The summed E-state index contributed by atoms with van der Waals surface area (Å²) in [7, 11) is 0. The maximum atomic E-state index is 10.5. The molecule has 0 amide bonds. The molecule has 0 saturated heterocycles. The second-order valence-electron chi connectivity index (χ2n) is 12.7. The summed E-state index contributed by atoms with van der Waals surface area (Å²) in [5.74, 6) is 1.47. The smallest absolute Gasteiger partial charge is 0.126 e. The summed E-state index contributed by atoms with van der Waals surface area (Å²) in [6.07, 6.45) is 8.26. The van der Waals surface area contributed by atoms with Gasteiger partial charge in [-0.25, -0.2) is 0 Å². The quantitative estimate of drug-likeness (QED) is 0.115. The van der Waals surface area contributed by atoms with Gasteiger partial charge >= 0.3 is 0 Å². The van der Waals surface area contributed by atoms with E-state index in [2.05, 4.69) is 77.6 Å². The lowest BCUT2D eigenvalue weighted by Crippen LogP contribution is -2.25. The van der Waals surface area contributed by atoms with Gasteiger partial charge in [-0.15, -0.1) is 26.3 Å². The van der Waals surface area contributed by atoms with E-state index in [4.69, 9.17) is 18.9 Å². The molecule has 0 aromatic heterocycles. The van der Waals surface area contributed by atoms with Crippen molar-refractivity contribution in [1.29, 1.82) is 0 Å². The standard InChI is InChI=1S/C41H56O6/c1-11-15-31-19-35(20-32(16-12-2)39(31)46-27-37(42)25-44-23-29(5)6)41(9,10)36-21-33(17-13-3)40(34(22-36)18-14-4)47-28-38(43)26-45-24-30(7)8/h11-14,19-22,37-38,42-43H,1-5,7,15-18,23-28H2,6,8-10H3. The van der Waals surface area contributed by atoms with E-state index >= 15 is 0 Å². The molecule has 0 aliphatic carbocycles. The number of aliphatic hydroxyl groups excluding tert-OH is 2. The molecular weight excluding hydrogens is 588 g/mol. The number of hydrogen-bond donors (Lipinski definition) is 2. The Morgan fingerprint density at radius 2 is 0.915 bits per heavy atom. The number of benzene rings is 2. The summed E-state index contributed by atoms with van der Waals surface area (Å²) in [6, 6.07) is 8.67. The van der Waals surface area contributed by atoms with Crippen molar-refractivity contribution in [1.82, 2.24) is 0 Å². The zero-order chi connectivity index (χ0) is 35.0. The molecule has 0 bridgehead atoms. The van der Waals surface area contributed by atoms with Crippen LogP contribution in [0.15, 0.2) is 99.2 Å². The van der Waals surface area contributed by atoms with Gasteiger partial charge in [-0.2, -0.15) is 0 Å². The number of allylic oxidation sites excluding steroid dienone is 4. The SMILES string of the molecule is C=CCc1cc(C(C)(C)c2cc(CC=C)c(OCC(O)COCC(=C)C)c(CC=C)c2)cc(CC=C)c1OCC(O)COCC(=C)C. The lowest BCUT2D eigenvalue weighted by molar-refractivity contribution is 0.0192. The number of hydrogen-bond acceptors (Lipinski definition) is 6. The zero-order valence-corrected chi connectivity index (χ0v) is 29.1. The van der Waals surface area contributed by atoms with Crippen molar-refractivity contribution in [2.45, 2.75) is 71.0 Å². The molecule has 0 spiro atoms. The molecule has 47 heavy (non-hydrogen) atoms. The Bertz CT molecular complexity index is 1220. The van der Waals surface area contributed by atoms with Crippen LogP contribution in [0.3, 0.4) is 0 Å². The average molecular weight is 645 g/mol. The van der Waals surface area contributed by atoms with E-state index in [1.807, 2.05) is 38.2 Å². The Morgan fingerprint density at radius 3 is 1.17 bits per heavy atom. The molecule has 0 aliphatic rings. The van der Waals surface area contributed by atoms with Crippen molar-refractivity contribution in [3.63, 3.8) is 0 Å². The van der Waals surface area contributed by atoms with Crippen molar-refractivity contribution in [2.24, 2.45) is 0 Å². The van der Waals surface area contributed by atoms with Gasteiger partial charge in [-0.05, 0) is 72.9 Å². The second-order valence-corrected chi connectivity index (χ2v) is 12.7. The highest BCUT2D eigenvalue weighted by Gasteiger charge is 2.28. The van der Waals surface area contributed by atoms with Crippen LogP contribution in [0.4, 0.5) is 0 Å². The van der Waals surface area contributed by atoms with E-state index in [9.17, 15) is 10.2 Å². The molecule has 2 rings (SSSR count). The van der Waals surface area contributed by atoms with Gasteiger partial charge in [0.2, 0.25) is 0 Å². The first-order valence-corrected chi connectivity index (χ1v) is 16.2. The molecule has 0 heterocycles. The Labute approximate surface area is 283 Å². The van der Waals surface area contributed by atoms with Gasteiger partial charge in [0.15, 0.2) is 0 Å². The summed E-state index contributed by atoms with van der Waals surface area (Å²) >= 11 is 0. The second kappa shape index (κ2) is 19.9. The third-order valence-electron chi connectivity index (χ3n) is 7.54. The molecule has 0 fully saturated rings. The predicted molar refractivity (Wildman–Crippen MR) is 195 cm³/mol. The minimum atomic E-state index is -0.782. The van der Waals surface area contributed by atoms with E-state index in [1.165, 1.54) is 0 Å². The summed E-state index contributed by atoms with van der Waals surface area (Å²) < 4.78 is 23.5. The molecule has 256 valence electrons. The van der Waals surface area contributed by atoms with Crippen LogP contribution in [-0.2, 0) is 40.6 Å². The van der Waals surface area contributed by atoms with Crippen LogP contribution in [0.25, 0.3) is 0 Å². The summed E-state index contributed by atoms with van der Waals surface area (Å²) in [4.78, 5) is 0. The molecule has 6 nitrogen and oxygen atoms in total. The number of aliphatic hydroxyl groups is 2. The van der Waals surface area contributed by atoms with Crippen LogP contribution in [0.2, 0.25) is 0 Å². The maximum absolute atomic E-state index is 10.5. The minimum Gasteiger partial charge on any atom is -0.490 e. The van der Waals surface area contributed by atoms with Gasteiger partial charge in [0.25, 0.3) is 0 Å². The predicted octanol–water partition coefficient (Wildman–Crippen LogP) is 7.59. The molecule has 2 atom stereocenters. The van der Waals surface area contributed by atoms with Crippen LogP contribution >= 0.6 is 0 Å². The van der Waals surface area contributed by atoms with Crippen molar-refractivity contribution < 1.29 is 29.2 Å². The topological polar surface area (TPSA) is 77.4 Å². The summed E-state index contributed by atoms with van der Waals surface area (Å²) in [5.41, 5.74) is 7.53. The normalized spacial score (nSPS) is 12.6. The maximum Gasteiger partial charge on any atom is 0.126 e. The van der Waals surface area contributed by atoms with E-state index in [1.54, 1.807) is 0 Å². The number of ether oxygens (including phenoxy) is 4. The molecule has 2 aromatic carbocycles. The lowest BCUT2D eigenvalue weighted by Gasteiger charge is -2.30. The van der Waals surface area contributed by atoms with Crippen LogP contribution < -0.4 is 9.47 Å². The fourth-order valence-corrected chi connectivity index (χ4v) is 5.19. The first-order chi connectivity index (χ1) is 22.4. The lowest BCUT2D eigenvalue weighted by atomic mass is 9.75. The van der Waals surface area contributed by atoms with E-state index < -0.39 is 17.6 Å². The Kier molecular flexibility index (Phi) is 16.7. The first-order valence-electron chi connectivity index (χ1n) is 16.2. The van der Waals surface area contributed by atoms with Crippen LogP contribution in [0, 0.1) is 0 Å². The molecule has 2 aromatic rings. The van der Waals surface area contributed by atoms with Gasteiger partial charge in [0, 0.05) is 5.41 Å². The van der Waals surface area contributed by atoms with Gasteiger partial charge in [0.1, 0.15) is 36.9 Å².